The van der Waals surface area contributed by atoms with Gasteiger partial charge in [-0.2, -0.15) is 0 Å². The molecule has 14 heavy (non-hydrogen) atoms. The highest BCUT2D eigenvalue weighted by Gasteiger charge is 2.10. The standard InChI is InChI=1S/C14H28/c1-5-9-11-13(7-3)14(8-4)12-10-6-2/h7,14H,5-6,8-12H2,1-4H3. The molecular formula is C14H28. The van der Waals surface area contributed by atoms with Crippen molar-refractivity contribution in [3.8, 4) is 0 Å². The Morgan fingerprint density at radius 3 is 2.14 bits per heavy atom. The summed E-state index contributed by atoms with van der Waals surface area (Å²) >= 11 is 0. The molecule has 0 saturated heterocycles. The zero-order valence-corrected chi connectivity index (χ0v) is 10.6. The minimum Gasteiger partial charge on any atom is -0.0882 e. The summed E-state index contributed by atoms with van der Waals surface area (Å²) in [5.74, 6) is 0.867. The van der Waals surface area contributed by atoms with Crippen LogP contribution in [0.5, 0.6) is 0 Å². The minimum atomic E-state index is 0.867. The van der Waals surface area contributed by atoms with Gasteiger partial charge in [-0.25, -0.2) is 0 Å². The average molecular weight is 196 g/mol. The van der Waals surface area contributed by atoms with Gasteiger partial charge in [0.15, 0.2) is 0 Å². The zero-order valence-electron chi connectivity index (χ0n) is 10.6. The fourth-order valence-electron chi connectivity index (χ4n) is 2.07. The van der Waals surface area contributed by atoms with Gasteiger partial charge in [0.05, 0.1) is 0 Å². The molecule has 0 fully saturated rings. The van der Waals surface area contributed by atoms with Gasteiger partial charge in [0, 0.05) is 0 Å². The van der Waals surface area contributed by atoms with E-state index < -0.39 is 0 Å². The Labute approximate surface area is 90.8 Å². The highest BCUT2D eigenvalue weighted by atomic mass is 14.2. The molecule has 0 aromatic carbocycles. The third-order valence-electron chi connectivity index (χ3n) is 3.11. The molecule has 0 heterocycles. The maximum atomic E-state index is 2.36. The van der Waals surface area contributed by atoms with Crippen molar-refractivity contribution in [2.75, 3.05) is 0 Å². The van der Waals surface area contributed by atoms with Crippen molar-refractivity contribution in [1.82, 2.24) is 0 Å². The summed E-state index contributed by atoms with van der Waals surface area (Å²) in [7, 11) is 0. The Hall–Kier alpha value is -0.260. The van der Waals surface area contributed by atoms with Gasteiger partial charge < -0.3 is 0 Å². The van der Waals surface area contributed by atoms with Gasteiger partial charge >= 0.3 is 0 Å². The van der Waals surface area contributed by atoms with Gasteiger partial charge in [0.2, 0.25) is 0 Å². The third-order valence-corrected chi connectivity index (χ3v) is 3.11. The van der Waals surface area contributed by atoms with Crippen molar-refractivity contribution in [1.29, 1.82) is 0 Å². The molecule has 0 aliphatic heterocycles. The summed E-state index contributed by atoms with van der Waals surface area (Å²) in [4.78, 5) is 0. The summed E-state index contributed by atoms with van der Waals surface area (Å²) < 4.78 is 0. The van der Waals surface area contributed by atoms with Crippen LogP contribution in [0, 0.1) is 5.92 Å². The normalized spacial score (nSPS) is 14.4. The summed E-state index contributed by atoms with van der Waals surface area (Å²) in [5, 5.41) is 0. The highest BCUT2D eigenvalue weighted by molar-refractivity contribution is 5.05. The van der Waals surface area contributed by atoms with E-state index in [1.807, 2.05) is 0 Å². The fourth-order valence-corrected chi connectivity index (χ4v) is 2.07. The SMILES string of the molecule is CC=C(CCCC)C(CC)CCCC. The first-order chi connectivity index (χ1) is 6.79. The first-order valence-electron chi connectivity index (χ1n) is 6.45. The Kier molecular flexibility index (Phi) is 9.13. The van der Waals surface area contributed by atoms with Gasteiger partial charge in [0.25, 0.3) is 0 Å². The quantitative estimate of drug-likeness (QED) is 0.460. The number of rotatable bonds is 8. The molecule has 0 heteroatoms. The first kappa shape index (κ1) is 13.7. The topological polar surface area (TPSA) is 0 Å². The molecule has 1 atom stereocenters. The van der Waals surface area contributed by atoms with Crippen molar-refractivity contribution < 1.29 is 0 Å². The largest absolute Gasteiger partial charge is 0.0882 e. The van der Waals surface area contributed by atoms with E-state index >= 15 is 0 Å². The van der Waals surface area contributed by atoms with Crippen LogP contribution < -0.4 is 0 Å². The molecule has 0 N–H and O–H groups in total. The van der Waals surface area contributed by atoms with Crippen LogP contribution in [0.1, 0.15) is 72.6 Å². The Bertz CT molecular complexity index is 144. The maximum absolute atomic E-state index is 2.36. The molecular weight excluding hydrogens is 168 g/mol. The van der Waals surface area contributed by atoms with Crippen LogP contribution in [0.3, 0.4) is 0 Å². The third kappa shape index (κ3) is 5.47. The van der Waals surface area contributed by atoms with Crippen molar-refractivity contribution in [2.24, 2.45) is 5.92 Å². The first-order valence-corrected chi connectivity index (χ1v) is 6.45. The summed E-state index contributed by atoms with van der Waals surface area (Å²) in [6, 6.07) is 0. The molecule has 0 aliphatic rings. The summed E-state index contributed by atoms with van der Waals surface area (Å²) in [6.45, 7) is 9.10. The lowest BCUT2D eigenvalue weighted by molar-refractivity contribution is 0.494. The van der Waals surface area contributed by atoms with Crippen LogP contribution in [-0.4, -0.2) is 0 Å². The van der Waals surface area contributed by atoms with Gasteiger partial charge in [-0.05, 0) is 38.5 Å². The van der Waals surface area contributed by atoms with Crippen molar-refractivity contribution in [2.45, 2.75) is 72.6 Å². The molecule has 1 unspecified atom stereocenters. The molecule has 0 saturated carbocycles. The fraction of sp³-hybridized carbons (Fsp3) is 0.857. The molecule has 0 spiro atoms. The number of hydrogen-bond acceptors (Lipinski definition) is 0. The molecule has 0 nitrogen and oxygen atoms in total. The van der Waals surface area contributed by atoms with Gasteiger partial charge in [0.1, 0.15) is 0 Å². The monoisotopic (exact) mass is 196 g/mol. The van der Waals surface area contributed by atoms with Crippen LogP contribution in [0.2, 0.25) is 0 Å². The molecule has 84 valence electrons. The highest BCUT2D eigenvalue weighted by Crippen LogP contribution is 2.25. The van der Waals surface area contributed by atoms with E-state index in [-0.39, 0.29) is 0 Å². The Balaban J connectivity index is 4.02. The summed E-state index contributed by atoms with van der Waals surface area (Å²) in [6.07, 6.45) is 11.8. The Morgan fingerprint density at radius 2 is 1.71 bits per heavy atom. The molecule has 0 rings (SSSR count). The minimum absolute atomic E-state index is 0.867. The van der Waals surface area contributed by atoms with E-state index in [0.29, 0.717) is 0 Å². The second-order valence-corrected chi connectivity index (χ2v) is 4.21. The second-order valence-electron chi connectivity index (χ2n) is 4.21. The second kappa shape index (κ2) is 9.30. The van der Waals surface area contributed by atoms with Crippen LogP contribution in [0.25, 0.3) is 0 Å². The molecule has 0 bridgehead atoms. The van der Waals surface area contributed by atoms with Crippen molar-refractivity contribution in [3.63, 3.8) is 0 Å². The van der Waals surface area contributed by atoms with Gasteiger partial charge in [-0.3, -0.25) is 0 Å². The number of hydrogen-bond donors (Lipinski definition) is 0. The molecule has 0 aromatic heterocycles. The predicted molar refractivity (Wildman–Crippen MR) is 66.6 cm³/mol. The Morgan fingerprint density at radius 1 is 1.07 bits per heavy atom. The van der Waals surface area contributed by atoms with E-state index in [1.54, 1.807) is 5.57 Å². The lowest BCUT2D eigenvalue weighted by atomic mass is 9.88. The van der Waals surface area contributed by atoms with E-state index in [4.69, 9.17) is 0 Å². The van der Waals surface area contributed by atoms with Crippen LogP contribution in [0.4, 0.5) is 0 Å². The van der Waals surface area contributed by atoms with Gasteiger partial charge in [-0.1, -0.05) is 51.7 Å². The maximum Gasteiger partial charge on any atom is -0.0206 e. The smallest absolute Gasteiger partial charge is 0.0206 e. The van der Waals surface area contributed by atoms with Crippen LogP contribution in [-0.2, 0) is 0 Å². The summed E-state index contributed by atoms with van der Waals surface area (Å²) in [5.41, 5.74) is 1.71. The van der Waals surface area contributed by atoms with Gasteiger partial charge in [-0.15, -0.1) is 0 Å². The average Bonchev–Trinajstić information content (AvgIpc) is 2.23. The zero-order chi connectivity index (χ0) is 10.8. The molecule has 0 amide bonds. The number of unbranched alkanes of at least 4 members (excludes halogenated alkanes) is 2. The number of allylic oxidation sites excluding steroid dienone is 2. The van der Waals surface area contributed by atoms with E-state index in [2.05, 4.69) is 33.8 Å². The lowest BCUT2D eigenvalue weighted by Crippen LogP contribution is -2.03. The van der Waals surface area contributed by atoms with E-state index in [9.17, 15) is 0 Å². The van der Waals surface area contributed by atoms with Crippen LogP contribution in [0.15, 0.2) is 11.6 Å². The van der Waals surface area contributed by atoms with E-state index in [1.165, 1.54) is 44.9 Å². The lowest BCUT2D eigenvalue weighted by Gasteiger charge is -2.18. The molecule has 0 aromatic rings. The predicted octanol–water partition coefficient (Wildman–Crippen LogP) is 5.34. The molecule has 0 radical (unpaired) electrons. The molecule has 0 aliphatic carbocycles. The van der Waals surface area contributed by atoms with Crippen molar-refractivity contribution >= 4 is 0 Å². The van der Waals surface area contributed by atoms with Crippen molar-refractivity contribution in [3.05, 3.63) is 11.6 Å². The van der Waals surface area contributed by atoms with E-state index in [0.717, 1.165) is 5.92 Å². The van der Waals surface area contributed by atoms with Crippen LogP contribution >= 0.6 is 0 Å².